The summed E-state index contributed by atoms with van der Waals surface area (Å²) in [6, 6.07) is 12.9. The van der Waals surface area contributed by atoms with E-state index in [1.54, 1.807) is 44.2 Å². The number of carbonyl (C=O) groups is 1. The number of rotatable bonds is 5. The van der Waals surface area contributed by atoms with Gasteiger partial charge in [0.15, 0.2) is 0 Å². The van der Waals surface area contributed by atoms with E-state index in [0.29, 0.717) is 16.8 Å². The molecule has 31 heavy (non-hydrogen) atoms. The number of alkyl halides is 3. The van der Waals surface area contributed by atoms with Crippen molar-refractivity contribution in [2.24, 2.45) is 0 Å². The fourth-order valence-electron chi connectivity index (χ4n) is 2.91. The number of nitrogens with one attached hydrogen (secondary N) is 1. The largest absolute Gasteiger partial charge is 0.417 e. The van der Waals surface area contributed by atoms with Gasteiger partial charge in [-0.3, -0.25) is 4.79 Å². The van der Waals surface area contributed by atoms with Crippen LogP contribution in [-0.2, 0) is 18.3 Å². The molecule has 2 aromatic carbocycles. The van der Waals surface area contributed by atoms with Crippen molar-refractivity contribution < 1.29 is 23.1 Å². The average molecular weight is 428 g/mol. The van der Waals surface area contributed by atoms with Crippen LogP contribution in [0.25, 0.3) is 5.69 Å². The quantitative estimate of drug-likeness (QED) is 0.645. The van der Waals surface area contributed by atoms with Crippen LogP contribution in [0.15, 0.2) is 54.7 Å². The highest BCUT2D eigenvalue weighted by molar-refractivity contribution is 5.94. The molecule has 0 aliphatic rings. The van der Waals surface area contributed by atoms with Crippen LogP contribution in [-0.4, -0.2) is 20.8 Å². The highest BCUT2D eigenvalue weighted by atomic mass is 19.4. The molecule has 0 bridgehead atoms. The van der Waals surface area contributed by atoms with E-state index in [2.05, 4.69) is 10.4 Å². The molecule has 9 heteroatoms. The Bertz CT molecular complexity index is 1140. The fraction of sp³-hybridized carbons (Fsp3) is 0.227. The minimum Gasteiger partial charge on any atom is -0.386 e. The summed E-state index contributed by atoms with van der Waals surface area (Å²) in [6.45, 7) is 3.36. The van der Waals surface area contributed by atoms with Crippen LogP contribution in [0.2, 0.25) is 0 Å². The zero-order valence-corrected chi connectivity index (χ0v) is 16.7. The maximum atomic E-state index is 13.2. The second-order valence-electron chi connectivity index (χ2n) is 7.41. The molecule has 0 atom stereocenters. The first-order valence-corrected chi connectivity index (χ1v) is 9.26. The van der Waals surface area contributed by atoms with E-state index in [0.717, 1.165) is 12.1 Å². The van der Waals surface area contributed by atoms with Crippen LogP contribution in [0.5, 0.6) is 0 Å². The van der Waals surface area contributed by atoms with Crippen LogP contribution in [0.3, 0.4) is 0 Å². The lowest BCUT2D eigenvalue weighted by molar-refractivity contribution is -0.137. The first kappa shape index (κ1) is 22.1. The van der Waals surface area contributed by atoms with E-state index >= 15 is 0 Å². The van der Waals surface area contributed by atoms with Crippen LogP contribution in [0.4, 0.5) is 13.2 Å². The Hall–Kier alpha value is -3.64. The Morgan fingerprint density at radius 3 is 2.42 bits per heavy atom. The molecule has 1 heterocycles. The van der Waals surface area contributed by atoms with Gasteiger partial charge in [0.2, 0.25) is 0 Å². The molecule has 3 aromatic rings. The van der Waals surface area contributed by atoms with E-state index in [9.17, 15) is 23.1 Å². The summed E-state index contributed by atoms with van der Waals surface area (Å²) in [6.07, 6.45) is -3.19. The first-order valence-electron chi connectivity index (χ1n) is 9.26. The summed E-state index contributed by atoms with van der Waals surface area (Å²) < 4.78 is 40.7. The molecule has 0 saturated heterocycles. The summed E-state index contributed by atoms with van der Waals surface area (Å²) in [5, 5.41) is 25.7. The molecule has 0 aliphatic carbocycles. The van der Waals surface area contributed by atoms with E-state index in [-0.39, 0.29) is 18.1 Å². The van der Waals surface area contributed by atoms with Crippen molar-refractivity contribution in [1.29, 1.82) is 5.26 Å². The van der Waals surface area contributed by atoms with E-state index in [4.69, 9.17) is 5.26 Å². The molecule has 0 fully saturated rings. The molecule has 6 nitrogen and oxygen atoms in total. The summed E-state index contributed by atoms with van der Waals surface area (Å²) in [5.74, 6) is -0.352. The average Bonchev–Trinajstić information content (AvgIpc) is 3.19. The van der Waals surface area contributed by atoms with Crippen molar-refractivity contribution in [1.82, 2.24) is 15.1 Å². The normalized spacial score (nSPS) is 11.8. The highest BCUT2D eigenvalue weighted by Crippen LogP contribution is 2.33. The van der Waals surface area contributed by atoms with Crippen molar-refractivity contribution in [2.45, 2.75) is 32.2 Å². The lowest BCUT2D eigenvalue weighted by Crippen LogP contribution is -2.23. The molecule has 0 aliphatic heterocycles. The van der Waals surface area contributed by atoms with Gasteiger partial charge in [0.05, 0.1) is 40.7 Å². The molecule has 1 aromatic heterocycles. The van der Waals surface area contributed by atoms with Crippen molar-refractivity contribution in [3.05, 3.63) is 82.7 Å². The number of carbonyl (C=O) groups excluding carboxylic acids is 1. The summed E-state index contributed by atoms with van der Waals surface area (Å²) >= 11 is 0. The molecular formula is C22H19F3N4O2. The number of halogens is 3. The molecule has 3 rings (SSSR count). The van der Waals surface area contributed by atoms with E-state index in [1.807, 2.05) is 0 Å². The standard InChI is InChI=1S/C22H19F3N4O2/c1-21(2,31)16-6-3-14(4-7-16)20(30)27-13-17-9-10-29(28-17)18-8-5-15(12-26)19(11-18)22(23,24)25/h3-11,31H,13H2,1-2H3,(H,27,30). The van der Waals surface area contributed by atoms with Gasteiger partial charge < -0.3 is 10.4 Å². The predicted molar refractivity (Wildman–Crippen MR) is 106 cm³/mol. The van der Waals surface area contributed by atoms with Crippen molar-refractivity contribution >= 4 is 5.91 Å². The van der Waals surface area contributed by atoms with Gasteiger partial charge in [-0.2, -0.15) is 23.5 Å². The number of nitrogens with zero attached hydrogens (tertiary/aromatic N) is 3. The monoisotopic (exact) mass is 428 g/mol. The van der Waals surface area contributed by atoms with E-state index < -0.39 is 22.9 Å². The Balaban J connectivity index is 1.71. The predicted octanol–water partition coefficient (Wildman–Crippen LogP) is 3.92. The maximum Gasteiger partial charge on any atom is 0.417 e. The lowest BCUT2D eigenvalue weighted by Gasteiger charge is -2.17. The Labute approximate surface area is 176 Å². The molecule has 0 saturated carbocycles. The third-order valence-electron chi connectivity index (χ3n) is 4.62. The number of aliphatic hydroxyl groups is 1. The zero-order valence-electron chi connectivity index (χ0n) is 16.7. The first-order chi connectivity index (χ1) is 14.5. The number of hydrogen-bond acceptors (Lipinski definition) is 4. The topological polar surface area (TPSA) is 90.9 Å². The maximum absolute atomic E-state index is 13.2. The number of aromatic nitrogens is 2. The van der Waals surface area contributed by atoms with Crippen molar-refractivity contribution in [3.63, 3.8) is 0 Å². The molecule has 2 N–H and O–H groups in total. The van der Waals surface area contributed by atoms with Gasteiger partial charge in [-0.15, -0.1) is 0 Å². The third kappa shape index (κ3) is 5.10. The van der Waals surface area contributed by atoms with Crippen LogP contribution in [0.1, 0.15) is 46.6 Å². The van der Waals surface area contributed by atoms with Gasteiger partial charge in [0, 0.05) is 11.8 Å². The minimum atomic E-state index is -4.66. The third-order valence-corrected chi connectivity index (χ3v) is 4.62. The Kier molecular flexibility index (Phi) is 5.86. The number of hydrogen-bond donors (Lipinski definition) is 2. The van der Waals surface area contributed by atoms with Gasteiger partial charge >= 0.3 is 6.18 Å². The van der Waals surface area contributed by atoms with Gasteiger partial charge in [-0.1, -0.05) is 12.1 Å². The van der Waals surface area contributed by atoms with Crippen molar-refractivity contribution in [2.75, 3.05) is 0 Å². The summed E-state index contributed by atoms with van der Waals surface area (Å²) in [4.78, 5) is 12.3. The number of nitriles is 1. The van der Waals surface area contributed by atoms with E-state index in [1.165, 1.54) is 23.0 Å². The van der Waals surface area contributed by atoms with Gasteiger partial charge in [0.25, 0.3) is 5.91 Å². The SMILES string of the molecule is CC(C)(O)c1ccc(C(=O)NCc2ccn(-c3ccc(C#N)c(C(F)(F)F)c3)n2)cc1. The fourth-order valence-corrected chi connectivity index (χ4v) is 2.91. The second-order valence-corrected chi connectivity index (χ2v) is 7.41. The van der Waals surface area contributed by atoms with Crippen molar-refractivity contribution in [3.8, 4) is 11.8 Å². The number of amides is 1. The van der Waals surface area contributed by atoms with Crippen LogP contribution in [0, 0.1) is 11.3 Å². The number of benzene rings is 2. The van der Waals surface area contributed by atoms with Crippen LogP contribution >= 0.6 is 0 Å². The molecular weight excluding hydrogens is 409 g/mol. The molecule has 0 radical (unpaired) electrons. The molecule has 0 spiro atoms. The zero-order chi connectivity index (χ0) is 22.8. The lowest BCUT2D eigenvalue weighted by atomic mass is 9.97. The molecule has 0 unspecified atom stereocenters. The smallest absolute Gasteiger partial charge is 0.386 e. The molecule has 1 amide bonds. The van der Waals surface area contributed by atoms with Gasteiger partial charge in [-0.25, -0.2) is 4.68 Å². The minimum absolute atomic E-state index is 0.0709. The second kappa shape index (κ2) is 8.24. The molecule has 160 valence electrons. The van der Waals surface area contributed by atoms with Gasteiger partial charge in [0.1, 0.15) is 0 Å². The van der Waals surface area contributed by atoms with Crippen LogP contribution < -0.4 is 5.32 Å². The Morgan fingerprint density at radius 2 is 1.84 bits per heavy atom. The Morgan fingerprint density at radius 1 is 1.16 bits per heavy atom. The summed E-state index contributed by atoms with van der Waals surface area (Å²) in [5.41, 5.74) is -0.860. The summed E-state index contributed by atoms with van der Waals surface area (Å²) in [7, 11) is 0. The highest BCUT2D eigenvalue weighted by Gasteiger charge is 2.34. The van der Waals surface area contributed by atoms with Gasteiger partial charge in [-0.05, 0) is 55.8 Å².